The minimum Gasteiger partial charge on any atom is -0.481 e. The molecule has 0 aliphatic carbocycles. The summed E-state index contributed by atoms with van der Waals surface area (Å²) >= 11 is 6.21. The highest BCUT2D eigenvalue weighted by Crippen LogP contribution is 2.31. The number of carboxylic acid groups (broad SMARTS) is 1. The Kier molecular flexibility index (Phi) is 4.34. The molecular weight excluding hydrogens is 318 g/mol. The van der Waals surface area contributed by atoms with Gasteiger partial charge in [-0.2, -0.15) is 5.10 Å². The smallest absolute Gasteiger partial charge is 0.303 e. The van der Waals surface area contributed by atoms with Crippen LogP contribution in [0.3, 0.4) is 0 Å². The van der Waals surface area contributed by atoms with Crippen LogP contribution < -0.4 is 4.90 Å². The van der Waals surface area contributed by atoms with Gasteiger partial charge < -0.3 is 5.11 Å². The van der Waals surface area contributed by atoms with Gasteiger partial charge in [0.15, 0.2) is 0 Å². The summed E-state index contributed by atoms with van der Waals surface area (Å²) in [5, 5.41) is 13.9. The lowest BCUT2D eigenvalue weighted by Crippen LogP contribution is -2.38. The van der Waals surface area contributed by atoms with E-state index in [1.165, 1.54) is 0 Å². The van der Waals surface area contributed by atoms with E-state index in [4.69, 9.17) is 16.7 Å². The first kappa shape index (κ1) is 15.6. The van der Waals surface area contributed by atoms with Crippen molar-refractivity contribution in [2.45, 2.75) is 25.8 Å². The van der Waals surface area contributed by atoms with E-state index in [1.807, 2.05) is 24.3 Å². The van der Waals surface area contributed by atoms with E-state index in [0.717, 1.165) is 5.56 Å². The lowest BCUT2D eigenvalue weighted by atomic mass is 10.1. The van der Waals surface area contributed by atoms with E-state index in [1.54, 1.807) is 15.6 Å². The molecule has 0 bridgehead atoms. The first-order valence-electron chi connectivity index (χ1n) is 7.41. The normalized spacial score (nSPS) is 14.0. The number of carbonyl (C=O) groups is 2. The zero-order valence-corrected chi connectivity index (χ0v) is 13.2. The molecule has 6 nitrogen and oxygen atoms in total. The van der Waals surface area contributed by atoms with Crippen molar-refractivity contribution in [2.24, 2.45) is 0 Å². The summed E-state index contributed by atoms with van der Waals surface area (Å²) in [6.45, 7) is 0.896. The number of carbonyl (C=O) groups excluding carboxylic acids is 1. The first-order valence-corrected chi connectivity index (χ1v) is 7.79. The standard InChI is InChI=1S/C16H16ClN3O3/c17-12-5-2-1-4-11(12)13-10-14-19(8-3-6-16(22)23)15(21)7-9-20(14)18-13/h1-2,4-5,10H,3,6-9H2,(H,22,23). The molecule has 7 heteroatoms. The highest BCUT2D eigenvalue weighted by Gasteiger charge is 2.26. The summed E-state index contributed by atoms with van der Waals surface area (Å²) in [7, 11) is 0. The number of rotatable bonds is 5. The minimum atomic E-state index is -0.861. The Labute approximate surface area is 138 Å². The number of carboxylic acids is 1. The summed E-state index contributed by atoms with van der Waals surface area (Å²) in [5.74, 6) is -0.172. The van der Waals surface area contributed by atoms with Crippen LogP contribution in [0.2, 0.25) is 5.02 Å². The van der Waals surface area contributed by atoms with Crippen molar-refractivity contribution in [3.8, 4) is 11.3 Å². The summed E-state index contributed by atoms with van der Waals surface area (Å²) < 4.78 is 1.78. The highest BCUT2D eigenvalue weighted by molar-refractivity contribution is 6.33. The van der Waals surface area contributed by atoms with Crippen LogP contribution in [-0.4, -0.2) is 33.3 Å². The number of aromatic nitrogens is 2. The van der Waals surface area contributed by atoms with Gasteiger partial charge in [-0.3, -0.25) is 14.5 Å². The maximum atomic E-state index is 12.2. The SMILES string of the molecule is O=C(O)CCCN1C(=O)CCn2nc(-c3ccccc3Cl)cc21. The lowest BCUT2D eigenvalue weighted by Gasteiger charge is -2.27. The largest absolute Gasteiger partial charge is 0.481 e. The Hall–Kier alpha value is -2.34. The average molecular weight is 334 g/mol. The number of nitrogens with zero attached hydrogens (tertiary/aromatic N) is 3. The molecule has 0 radical (unpaired) electrons. The fourth-order valence-corrected chi connectivity index (χ4v) is 2.91. The Balaban J connectivity index is 1.88. The van der Waals surface area contributed by atoms with Crippen molar-refractivity contribution < 1.29 is 14.7 Å². The molecule has 2 aromatic rings. The topological polar surface area (TPSA) is 75.4 Å². The number of fused-ring (bicyclic) bond motifs is 1. The quantitative estimate of drug-likeness (QED) is 0.913. The van der Waals surface area contributed by atoms with Gasteiger partial charge in [0.1, 0.15) is 5.82 Å². The van der Waals surface area contributed by atoms with Crippen LogP contribution in [0.4, 0.5) is 5.82 Å². The molecule has 1 amide bonds. The maximum Gasteiger partial charge on any atom is 0.303 e. The van der Waals surface area contributed by atoms with Gasteiger partial charge >= 0.3 is 5.97 Å². The number of anilines is 1. The molecule has 0 saturated heterocycles. The molecule has 2 heterocycles. The van der Waals surface area contributed by atoms with E-state index in [-0.39, 0.29) is 12.3 Å². The molecule has 0 saturated carbocycles. The van der Waals surface area contributed by atoms with Crippen molar-refractivity contribution in [2.75, 3.05) is 11.4 Å². The Morgan fingerprint density at radius 2 is 2.13 bits per heavy atom. The third-order valence-electron chi connectivity index (χ3n) is 3.80. The molecule has 3 rings (SSSR count). The van der Waals surface area contributed by atoms with Crippen molar-refractivity contribution in [1.82, 2.24) is 9.78 Å². The number of aryl methyl sites for hydroxylation is 1. The molecule has 0 fully saturated rings. The number of amides is 1. The number of benzene rings is 1. The fraction of sp³-hybridized carbons (Fsp3) is 0.312. The molecular formula is C16H16ClN3O3. The second-order valence-electron chi connectivity index (χ2n) is 5.38. The van der Waals surface area contributed by atoms with Crippen LogP contribution in [-0.2, 0) is 16.1 Å². The number of aliphatic carboxylic acids is 1. The van der Waals surface area contributed by atoms with E-state index in [9.17, 15) is 9.59 Å². The van der Waals surface area contributed by atoms with Gasteiger partial charge in [0.25, 0.3) is 0 Å². The van der Waals surface area contributed by atoms with E-state index >= 15 is 0 Å². The number of hydrogen-bond acceptors (Lipinski definition) is 3. The molecule has 0 unspecified atom stereocenters. The Bertz CT molecular complexity index is 757. The van der Waals surface area contributed by atoms with Crippen molar-refractivity contribution >= 4 is 29.3 Å². The van der Waals surface area contributed by atoms with E-state index in [2.05, 4.69) is 5.10 Å². The average Bonchev–Trinajstić information content (AvgIpc) is 2.93. The molecule has 0 spiro atoms. The van der Waals surface area contributed by atoms with Gasteiger partial charge in [-0.25, -0.2) is 4.68 Å². The van der Waals surface area contributed by atoms with Gasteiger partial charge in [0.2, 0.25) is 5.91 Å². The fourth-order valence-electron chi connectivity index (χ4n) is 2.68. The third-order valence-corrected chi connectivity index (χ3v) is 4.13. The van der Waals surface area contributed by atoms with Crippen molar-refractivity contribution in [1.29, 1.82) is 0 Å². The van der Waals surface area contributed by atoms with Gasteiger partial charge in [-0.15, -0.1) is 0 Å². The number of halogens is 1. The van der Waals surface area contributed by atoms with Crippen molar-refractivity contribution in [3.05, 3.63) is 35.4 Å². The second-order valence-corrected chi connectivity index (χ2v) is 5.79. The zero-order chi connectivity index (χ0) is 16.4. The predicted molar refractivity (Wildman–Crippen MR) is 86.5 cm³/mol. The number of hydrogen-bond donors (Lipinski definition) is 1. The van der Waals surface area contributed by atoms with Gasteiger partial charge in [0, 0.05) is 31.0 Å². The predicted octanol–water partition coefficient (Wildman–Crippen LogP) is 2.81. The summed E-state index contributed by atoms with van der Waals surface area (Å²) in [6, 6.07) is 9.25. The first-order chi connectivity index (χ1) is 11.1. The molecule has 120 valence electrons. The van der Waals surface area contributed by atoms with Gasteiger partial charge in [-0.1, -0.05) is 29.8 Å². The summed E-state index contributed by atoms with van der Waals surface area (Å²) in [4.78, 5) is 24.4. The summed E-state index contributed by atoms with van der Waals surface area (Å²) in [6.07, 6.45) is 0.812. The summed E-state index contributed by atoms with van der Waals surface area (Å²) in [5.41, 5.74) is 1.53. The van der Waals surface area contributed by atoms with Crippen LogP contribution in [0, 0.1) is 0 Å². The third kappa shape index (κ3) is 3.22. The van der Waals surface area contributed by atoms with E-state index < -0.39 is 5.97 Å². The van der Waals surface area contributed by atoms with Crippen LogP contribution in [0.5, 0.6) is 0 Å². The Morgan fingerprint density at radius 3 is 2.87 bits per heavy atom. The van der Waals surface area contributed by atoms with Gasteiger partial charge in [-0.05, 0) is 12.5 Å². The molecule has 0 atom stereocenters. The Morgan fingerprint density at radius 1 is 1.35 bits per heavy atom. The zero-order valence-electron chi connectivity index (χ0n) is 12.4. The molecule has 1 N–H and O–H groups in total. The lowest BCUT2D eigenvalue weighted by molar-refractivity contribution is -0.137. The molecule has 1 aliphatic rings. The molecule has 1 aliphatic heterocycles. The maximum absolute atomic E-state index is 12.2. The van der Waals surface area contributed by atoms with Crippen molar-refractivity contribution in [3.63, 3.8) is 0 Å². The molecule has 1 aromatic carbocycles. The molecule has 23 heavy (non-hydrogen) atoms. The molecule has 1 aromatic heterocycles. The van der Waals surface area contributed by atoms with E-state index in [0.29, 0.717) is 42.5 Å². The van der Waals surface area contributed by atoms with Crippen LogP contribution >= 0.6 is 11.6 Å². The monoisotopic (exact) mass is 333 g/mol. The van der Waals surface area contributed by atoms with Crippen LogP contribution in [0.15, 0.2) is 30.3 Å². The second kappa shape index (κ2) is 6.42. The highest BCUT2D eigenvalue weighted by atomic mass is 35.5. The van der Waals surface area contributed by atoms with Crippen LogP contribution in [0.1, 0.15) is 19.3 Å². The van der Waals surface area contributed by atoms with Gasteiger partial charge in [0.05, 0.1) is 17.3 Å². The van der Waals surface area contributed by atoms with Crippen LogP contribution in [0.25, 0.3) is 11.3 Å². The minimum absolute atomic E-state index is 0.00602.